The van der Waals surface area contributed by atoms with Crippen LogP contribution >= 0.6 is 0 Å². The molecule has 0 fully saturated rings. The Morgan fingerprint density at radius 3 is 2.18 bits per heavy atom. The summed E-state index contributed by atoms with van der Waals surface area (Å²) in [6, 6.07) is 17.7. The van der Waals surface area contributed by atoms with E-state index in [2.05, 4.69) is 4.72 Å². The lowest BCUT2D eigenvalue weighted by molar-refractivity contribution is 0.406. The zero-order valence-corrected chi connectivity index (χ0v) is 14.3. The molecule has 0 aliphatic carbocycles. The zero-order chi connectivity index (χ0) is 16.2. The van der Waals surface area contributed by atoms with Crippen LogP contribution in [0.15, 0.2) is 54.6 Å². The average molecular weight is 317 g/mol. The summed E-state index contributed by atoms with van der Waals surface area (Å²) >= 11 is -1.18. The first-order chi connectivity index (χ1) is 10.4. The fourth-order valence-corrected chi connectivity index (χ4v) is 2.98. The number of rotatable bonds is 5. The van der Waals surface area contributed by atoms with Crippen LogP contribution in [0.5, 0.6) is 5.75 Å². The molecule has 0 aliphatic heterocycles. The van der Waals surface area contributed by atoms with E-state index in [1.54, 1.807) is 7.11 Å². The smallest absolute Gasteiger partial charge is 0.136 e. The van der Waals surface area contributed by atoms with Gasteiger partial charge in [0.15, 0.2) is 0 Å². The van der Waals surface area contributed by atoms with Crippen LogP contribution < -0.4 is 9.46 Å². The molecule has 0 heterocycles. The Labute approximate surface area is 136 Å². The van der Waals surface area contributed by atoms with Crippen molar-refractivity contribution in [2.45, 2.75) is 31.6 Å². The maximum absolute atomic E-state index is 12.6. The van der Waals surface area contributed by atoms with Gasteiger partial charge in [-0.05, 0) is 32.4 Å². The highest BCUT2D eigenvalue weighted by Crippen LogP contribution is 2.31. The van der Waals surface area contributed by atoms with E-state index in [1.807, 2.05) is 75.4 Å². The maximum Gasteiger partial charge on any atom is 0.136 e. The van der Waals surface area contributed by atoms with E-state index in [1.165, 1.54) is 0 Å². The monoisotopic (exact) mass is 317 g/mol. The molecule has 1 unspecified atom stereocenters. The number of hydrogen-bond acceptors (Lipinski definition) is 3. The van der Waals surface area contributed by atoms with Crippen LogP contribution in [0.25, 0.3) is 0 Å². The molecule has 0 saturated carbocycles. The standard InChI is InChI=1S/C18H23NO2S/c1-18(2,3)22(20)19-17(14-10-6-5-7-11-14)15-12-8-9-13-16(15)21-4/h5-13,17,19H,1-4H3/t17?,22-/m1/s1. The van der Waals surface area contributed by atoms with E-state index in [-0.39, 0.29) is 10.8 Å². The van der Waals surface area contributed by atoms with Crippen LogP contribution in [0, 0.1) is 0 Å². The Morgan fingerprint density at radius 2 is 1.59 bits per heavy atom. The molecular weight excluding hydrogens is 294 g/mol. The molecule has 1 N–H and O–H groups in total. The first-order valence-corrected chi connectivity index (χ1v) is 8.44. The molecule has 0 saturated heterocycles. The van der Waals surface area contributed by atoms with Crippen molar-refractivity contribution in [2.24, 2.45) is 0 Å². The van der Waals surface area contributed by atoms with Gasteiger partial charge in [0.05, 0.1) is 7.11 Å². The Balaban J connectivity index is 2.42. The van der Waals surface area contributed by atoms with Crippen LogP contribution in [0.3, 0.4) is 0 Å². The predicted molar refractivity (Wildman–Crippen MR) is 92.3 cm³/mol. The molecule has 0 aromatic heterocycles. The number of ether oxygens (including phenoxy) is 1. The molecule has 22 heavy (non-hydrogen) atoms. The van der Waals surface area contributed by atoms with Crippen molar-refractivity contribution in [1.82, 2.24) is 4.72 Å². The molecule has 0 bridgehead atoms. The molecule has 0 aliphatic rings. The van der Waals surface area contributed by atoms with Gasteiger partial charge in [0.1, 0.15) is 16.5 Å². The summed E-state index contributed by atoms with van der Waals surface area (Å²) < 4.78 is 21.0. The van der Waals surface area contributed by atoms with Gasteiger partial charge in [-0.2, -0.15) is 0 Å². The Morgan fingerprint density at radius 1 is 1.00 bits per heavy atom. The summed E-state index contributed by atoms with van der Waals surface area (Å²) in [5.74, 6) is 0.787. The Kier molecular flexibility index (Phi) is 5.51. The van der Waals surface area contributed by atoms with Crippen LogP contribution in [0.2, 0.25) is 0 Å². The second kappa shape index (κ2) is 7.18. The first-order valence-electron chi connectivity index (χ1n) is 7.29. The molecular formula is C18H23NO2S. The van der Waals surface area contributed by atoms with Crippen molar-refractivity contribution in [3.63, 3.8) is 0 Å². The normalized spacial score (nSPS) is 14.4. The van der Waals surface area contributed by atoms with Crippen LogP contribution in [-0.4, -0.2) is 16.4 Å². The molecule has 118 valence electrons. The quantitative estimate of drug-likeness (QED) is 0.852. The summed E-state index contributed by atoms with van der Waals surface area (Å²) in [7, 11) is 1.65. The van der Waals surface area contributed by atoms with Crippen LogP contribution in [-0.2, 0) is 11.4 Å². The van der Waals surface area contributed by atoms with Gasteiger partial charge in [0.25, 0.3) is 0 Å². The summed E-state index contributed by atoms with van der Waals surface area (Å²) in [4.78, 5) is 0. The van der Waals surface area contributed by atoms with Crippen molar-refractivity contribution in [3.8, 4) is 5.75 Å². The molecule has 2 rings (SSSR count). The minimum atomic E-state index is -1.18. The summed E-state index contributed by atoms with van der Waals surface area (Å²) in [5, 5.41) is 0. The lowest BCUT2D eigenvalue weighted by Crippen LogP contribution is -2.41. The summed E-state index contributed by atoms with van der Waals surface area (Å²) in [6.45, 7) is 5.88. The molecule has 4 heteroatoms. The number of methoxy groups -OCH3 is 1. The molecule has 2 aromatic rings. The van der Waals surface area contributed by atoms with E-state index in [0.717, 1.165) is 16.9 Å². The Bertz CT molecular complexity index is 596. The average Bonchev–Trinajstić information content (AvgIpc) is 2.52. The van der Waals surface area contributed by atoms with Crippen molar-refractivity contribution in [1.29, 1.82) is 0 Å². The second-order valence-electron chi connectivity index (χ2n) is 6.08. The predicted octanol–water partition coefficient (Wildman–Crippen LogP) is 3.84. The van der Waals surface area contributed by atoms with Gasteiger partial charge in [-0.3, -0.25) is 0 Å². The fourth-order valence-electron chi connectivity index (χ4n) is 2.15. The van der Waals surface area contributed by atoms with Gasteiger partial charge >= 0.3 is 0 Å². The maximum atomic E-state index is 12.6. The SMILES string of the molecule is COc1ccccc1C(N[S@+]([O-])C(C)(C)C)c1ccccc1. The first kappa shape index (κ1) is 16.9. The molecule has 0 radical (unpaired) electrons. The van der Waals surface area contributed by atoms with Gasteiger partial charge in [0, 0.05) is 16.9 Å². The molecule has 3 nitrogen and oxygen atoms in total. The van der Waals surface area contributed by atoms with E-state index in [0.29, 0.717) is 0 Å². The van der Waals surface area contributed by atoms with Gasteiger partial charge < -0.3 is 9.29 Å². The van der Waals surface area contributed by atoms with Crippen molar-refractivity contribution in [2.75, 3.05) is 7.11 Å². The number of para-hydroxylation sites is 1. The van der Waals surface area contributed by atoms with Crippen molar-refractivity contribution < 1.29 is 9.29 Å². The molecule has 2 aromatic carbocycles. The number of hydrogen-bond donors (Lipinski definition) is 1. The third-order valence-corrected chi connectivity index (χ3v) is 4.93. The molecule has 0 amide bonds. The third kappa shape index (κ3) is 4.03. The Hall–Kier alpha value is -1.49. The van der Waals surface area contributed by atoms with Crippen LogP contribution in [0.1, 0.15) is 37.9 Å². The van der Waals surface area contributed by atoms with E-state index < -0.39 is 11.4 Å². The van der Waals surface area contributed by atoms with Gasteiger partial charge in [0.2, 0.25) is 0 Å². The van der Waals surface area contributed by atoms with Gasteiger partial charge in [-0.1, -0.05) is 48.5 Å². The topological polar surface area (TPSA) is 44.3 Å². The van der Waals surface area contributed by atoms with E-state index >= 15 is 0 Å². The second-order valence-corrected chi connectivity index (χ2v) is 8.08. The lowest BCUT2D eigenvalue weighted by atomic mass is 9.99. The summed E-state index contributed by atoms with van der Waals surface area (Å²) in [6.07, 6.45) is 0. The number of nitrogens with one attached hydrogen (secondary N) is 1. The highest BCUT2D eigenvalue weighted by Gasteiger charge is 2.31. The van der Waals surface area contributed by atoms with Gasteiger partial charge in [-0.25, -0.2) is 0 Å². The van der Waals surface area contributed by atoms with E-state index in [9.17, 15) is 4.55 Å². The summed E-state index contributed by atoms with van der Waals surface area (Å²) in [5.41, 5.74) is 2.04. The minimum absolute atomic E-state index is 0.183. The fraction of sp³-hybridized carbons (Fsp3) is 0.333. The van der Waals surface area contributed by atoms with E-state index in [4.69, 9.17) is 4.74 Å². The van der Waals surface area contributed by atoms with Crippen molar-refractivity contribution >= 4 is 11.4 Å². The molecule has 0 spiro atoms. The largest absolute Gasteiger partial charge is 0.598 e. The van der Waals surface area contributed by atoms with Gasteiger partial charge in [-0.15, -0.1) is 4.72 Å². The third-order valence-electron chi connectivity index (χ3n) is 3.36. The van der Waals surface area contributed by atoms with Crippen LogP contribution in [0.4, 0.5) is 0 Å². The van der Waals surface area contributed by atoms with Crippen molar-refractivity contribution in [3.05, 3.63) is 65.7 Å². The molecule has 2 atom stereocenters. The highest BCUT2D eigenvalue weighted by molar-refractivity contribution is 7.90. The minimum Gasteiger partial charge on any atom is -0.598 e. The number of benzene rings is 2. The highest BCUT2D eigenvalue weighted by atomic mass is 32.2. The zero-order valence-electron chi connectivity index (χ0n) is 13.5. The lowest BCUT2D eigenvalue weighted by Gasteiger charge is -2.29.